The summed E-state index contributed by atoms with van der Waals surface area (Å²) in [6.07, 6.45) is 1.29. The van der Waals surface area contributed by atoms with Gasteiger partial charge in [-0.25, -0.2) is 0 Å². The highest BCUT2D eigenvalue weighted by Gasteiger charge is 2.05. The summed E-state index contributed by atoms with van der Waals surface area (Å²) in [5.74, 6) is 0. The molecule has 2 nitrogen and oxygen atoms in total. The predicted molar refractivity (Wildman–Crippen MR) is 85.1 cm³/mol. The van der Waals surface area contributed by atoms with E-state index in [1.807, 2.05) is 19.1 Å². The molecule has 2 aromatic rings. The van der Waals surface area contributed by atoms with Gasteiger partial charge in [-0.1, -0.05) is 34.8 Å². The van der Waals surface area contributed by atoms with Gasteiger partial charge in [0.05, 0.1) is 5.69 Å². The summed E-state index contributed by atoms with van der Waals surface area (Å²) >= 11 is 1.52. The maximum absolute atomic E-state index is 7.48. The number of aryl methyl sites for hydroxylation is 2. The van der Waals surface area contributed by atoms with Crippen LogP contribution >= 0.6 is 11.9 Å². The minimum absolute atomic E-state index is 0.657. The lowest BCUT2D eigenvalue weighted by molar-refractivity contribution is 1.38. The van der Waals surface area contributed by atoms with E-state index in [2.05, 4.69) is 35.9 Å². The van der Waals surface area contributed by atoms with Gasteiger partial charge in [0.15, 0.2) is 0 Å². The maximum atomic E-state index is 7.48. The second-order valence-corrected chi connectivity index (χ2v) is 5.30. The molecule has 0 unspecified atom stereocenters. The van der Waals surface area contributed by atoms with E-state index < -0.39 is 0 Å². The van der Waals surface area contributed by atoms with Crippen LogP contribution in [0.25, 0.3) is 0 Å². The molecule has 0 atom stereocenters. The van der Waals surface area contributed by atoms with Gasteiger partial charge in [-0.2, -0.15) is 0 Å². The lowest BCUT2D eigenvalue weighted by Gasteiger charge is -2.13. The van der Waals surface area contributed by atoms with E-state index in [1.54, 1.807) is 0 Å². The Kier molecular flexibility index (Phi) is 4.33. The van der Waals surface area contributed by atoms with Crippen molar-refractivity contribution >= 4 is 37.2 Å². The van der Waals surface area contributed by atoms with Crippen LogP contribution in [-0.2, 0) is 0 Å². The number of anilines is 1. The van der Waals surface area contributed by atoms with E-state index in [0.29, 0.717) is 5.46 Å². The highest BCUT2D eigenvalue weighted by molar-refractivity contribution is 8.00. The second-order valence-electron chi connectivity index (χ2n) is 4.42. The molecule has 19 heavy (non-hydrogen) atoms. The van der Waals surface area contributed by atoms with Gasteiger partial charge in [0, 0.05) is 16.7 Å². The van der Waals surface area contributed by atoms with Crippen molar-refractivity contribution < 1.29 is 0 Å². The number of benzene rings is 2. The first-order chi connectivity index (χ1) is 9.11. The normalized spacial score (nSPS) is 10.2. The van der Waals surface area contributed by atoms with Gasteiger partial charge in [-0.05, 0) is 44.0 Å². The average molecular weight is 266 g/mol. The molecular formula is C15H15BN2S. The molecule has 0 aromatic heterocycles. The van der Waals surface area contributed by atoms with Crippen molar-refractivity contribution in [1.82, 2.24) is 0 Å². The fourth-order valence-electron chi connectivity index (χ4n) is 1.71. The molecule has 0 bridgehead atoms. The molecule has 0 spiro atoms. The molecule has 0 saturated heterocycles. The third-order valence-electron chi connectivity index (χ3n) is 2.95. The van der Waals surface area contributed by atoms with Crippen molar-refractivity contribution in [3.63, 3.8) is 0 Å². The highest BCUT2D eigenvalue weighted by Crippen LogP contribution is 2.23. The SMILES string of the molecule is [B]c1c(C)ccc(NSc2ccc(C)cc2)c1C=N. The van der Waals surface area contributed by atoms with Gasteiger partial charge in [0.2, 0.25) is 0 Å². The molecule has 2 rings (SSSR count). The standard InChI is InChI=1S/C15H15BN2S/c1-10-3-6-12(7-4-10)19-18-14-8-5-11(2)15(16)13(14)9-17/h3-9,17-18H,1-2H3. The van der Waals surface area contributed by atoms with Crippen molar-refractivity contribution in [2.75, 3.05) is 4.72 Å². The largest absolute Gasteiger partial charge is 0.325 e. The lowest BCUT2D eigenvalue weighted by Crippen LogP contribution is -2.15. The summed E-state index contributed by atoms with van der Waals surface area (Å²) in [7, 11) is 5.98. The minimum atomic E-state index is 0.657. The Labute approximate surface area is 119 Å². The molecule has 0 aliphatic rings. The molecule has 0 heterocycles. The van der Waals surface area contributed by atoms with Crippen LogP contribution in [-0.4, -0.2) is 14.1 Å². The van der Waals surface area contributed by atoms with Crippen LogP contribution < -0.4 is 10.2 Å². The van der Waals surface area contributed by atoms with Crippen LogP contribution in [0.2, 0.25) is 0 Å². The summed E-state index contributed by atoms with van der Waals surface area (Å²) in [6.45, 7) is 4.01. The van der Waals surface area contributed by atoms with E-state index in [1.165, 1.54) is 23.7 Å². The van der Waals surface area contributed by atoms with Gasteiger partial charge in [-0.15, -0.1) is 0 Å². The first kappa shape index (κ1) is 13.7. The predicted octanol–water partition coefficient (Wildman–Crippen LogP) is 3.21. The molecule has 2 N–H and O–H groups in total. The van der Waals surface area contributed by atoms with Crippen molar-refractivity contribution in [3.8, 4) is 0 Å². The number of nitrogens with one attached hydrogen (secondary N) is 2. The zero-order valence-corrected chi connectivity index (χ0v) is 11.8. The van der Waals surface area contributed by atoms with Crippen LogP contribution in [0.1, 0.15) is 16.7 Å². The van der Waals surface area contributed by atoms with Gasteiger partial charge in [-0.3, -0.25) is 0 Å². The zero-order valence-electron chi connectivity index (χ0n) is 11.0. The summed E-state index contributed by atoms with van der Waals surface area (Å²) in [6, 6.07) is 12.2. The third-order valence-corrected chi connectivity index (χ3v) is 3.78. The molecule has 4 heteroatoms. The lowest BCUT2D eigenvalue weighted by atomic mass is 9.86. The van der Waals surface area contributed by atoms with Crippen LogP contribution in [0.15, 0.2) is 41.3 Å². The quantitative estimate of drug-likeness (QED) is 0.506. The van der Waals surface area contributed by atoms with Crippen LogP contribution in [0.3, 0.4) is 0 Å². The highest BCUT2D eigenvalue weighted by atomic mass is 32.2. The summed E-state index contributed by atoms with van der Waals surface area (Å²) in [5.41, 5.74) is 4.49. The second kappa shape index (κ2) is 5.98. The van der Waals surface area contributed by atoms with E-state index in [4.69, 9.17) is 13.3 Å². The van der Waals surface area contributed by atoms with Gasteiger partial charge in [0.25, 0.3) is 0 Å². The summed E-state index contributed by atoms with van der Waals surface area (Å²) in [5, 5.41) is 7.48. The van der Waals surface area contributed by atoms with E-state index in [0.717, 1.165) is 21.7 Å². The third kappa shape index (κ3) is 3.21. The Morgan fingerprint density at radius 3 is 2.42 bits per heavy atom. The molecule has 0 aliphatic carbocycles. The molecular weight excluding hydrogens is 251 g/mol. The summed E-state index contributed by atoms with van der Waals surface area (Å²) < 4.78 is 3.25. The Balaban J connectivity index is 2.18. The topological polar surface area (TPSA) is 35.9 Å². The number of hydrogen-bond donors (Lipinski definition) is 2. The minimum Gasteiger partial charge on any atom is -0.325 e. The van der Waals surface area contributed by atoms with Crippen molar-refractivity contribution in [1.29, 1.82) is 5.41 Å². The van der Waals surface area contributed by atoms with Crippen molar-refractivity contribution in [2.24, 2.45) is 0 Å². The van der Waals surface area contributed by atoms with E-state index >= 15 is 0 Å². The number of hydrogen-bond acceptors (Lipinski definition) is 3. The molecule has 0 aliphatic heterocycles. The molecule has 0 fully saturated rings. The smallest absolute Gasteiger partial charge is 0.115 e. The van der Waals surface area contributed by atoms with Gasteiger partial charge in [0.1, 0.15) is 7.85 Å². The van der Waals surface area contributed by atoms with Crippen molar-refractivity contribution in [2.45, 2.75) is 18.7 Å². The Bertz CT molecular complexity index is 594. The first-order valence-corrected chi connectivity index (χ1v) is 6.82. The molecule has 2 radical (unpaired) electrons. The fourth-order valence-corrected chi connectivity index (χ4v) is 2.39. The molecule has 94 valence electrons. The number of rotatable bonds is 4. The Morgan fingerprint density at radius 2 is 1.79 bits per heavy atom. The van der Waals surface area contributed by atoms with Gasteiger partial charge >= 0.3 is 0 Å². The molecule has 0 amide bonds. The first-order valence-electron chi connectivity index (χ1n) is 6.01. The monoisotopic (exact) mass is 266 g/mol. The Morgan fingerprint density at radius 1 is 1.11 bits per heavy atom. The van der Waals surface area contributed by atoms with Crippen molar-refractivity contribution in [3.05, 3.63) is 53.1 Å². The molecule has 2 aromatic carbocycles. The Hall–Kier alpha value is -1.68. The van der Waals surface area contributed by atoms with Crippen LogP contribution in [0.4, 0.5) is 5.69 Å². The summed E-state index contributed by atoms with van der Waals surface area (Å²) in [4.78, 5) is 1.13. The fraction of sp³-hybridized carbons (Fsp3) is 0.133. The molecule has 0 saturated carbocycles. The van der Waals surface area contributed by atoms with E-state index in [9.17, 15) is 0 Å². The average Bonchev–Trinajstić information content (AvgIpc) is 2.42. The zero-order chi connectivity index (χ0) is 13.8. The van der Waals surface area contributed by atoms with E-state index in [-0.39, 0.29) is 0 Å². The maximum Gasteiger partial charge on any atom is 0.115 e. The van der Waals surface area contributed by atoms with Crippen LogP contribution in [0, 0.1) is 19.3 Å². The van der Waals surface area contributed by atoms with Gasteiger partial charge < -0.3 is 10.1 Å². The van der Waals surface area contributed by atoms with Crippen LogP contribution in [0.5, 0.6) is 0 Å².